The molecule has 1 heterocycles. The van der Waals surface area contributed by atoms with Gasteiger partial charge in [0.2, 0.25) is 0 Å². The standard InChI is InChI=1S/C17H18N2O4/c1-21-14-7-5-13(6-8-14)19-17(20)18-11-12-3-2-4-15-16(12)23-10-9-22-15/h2-8H,9-11H2,1H3,(H2,18,19,20). The Bertz CT molecular complexity index is 685. The van der Waals surface area contributed by atoms with E-state index in [-0.39, 0.29) is 6.03 Å². The summed E-state index contributed by atoms with van der Waals surface area (Å²) in [5, 5.41) is 5.58. The first-order valence-corrected chi connectivity index (χ1v) is 7.32. The molecule has 0 saturated heterocycles. The maximum atomic E-state index is 12.0. The lowest BCUT2D eigenvalue weighted by Gasteiger charge is -2.21. The maximum Gasteiger partial charge on any atom is 0.319 e. The van der Waals surface area contributed by atoms with E-state index in [0.29, 0.717) is 36.9 Å². The Kier molecular flexibility index (Phi) is 4.52. The zero-order chi connectivity index (χ0) is 16.1. The Balaban J connectivity index is 1.58. The number of fused-ring (bicyclic) bond motifs is 1. The van der Waals surface area contributed by atoms with Gasteiger partial charge in [0.15, 0.2) is 11.5 Å². The molecule has 0 spiro atoms. The van der Waals surface area contributed by atoms with Crippen LogP contribution in [0.15, 0.2) is 42.5 Å². The Hall–Kier alpha value is -2.89. The van der Waals surface area contributed by atoms with Gasteiger partial charge in [0, 0.05) is 17.8 Å². The number of hydrogen-bond donors (Lipinski definition) is 2. The second-order valence-corrected chi connectivity index (χ2v) is 4.98. The molecule has 0 radical (unpaired) electrons. The number of carbonyl (C=O) groups is 1. The van der Waals surface area contributed by atoms with Crippen molar-refractivity contribution >= 4 is 11.7 Å². The molecular weight excluding hydrogens is 296 g/mol. The minimum absolute atomic E-state index is 0.288. The van der Waals surface area contributed by atoms with Crippen molar-refractivity contribution in [2.75, 3.05) is 25.6 Å². The molecule has 0 saturated carbocycles. The fraction of sp³-hybridized carbons (Fsp3) is 0.235. The molecule has 2 aromatic rings. The molecule has 3 rings (SSSR count). The lowest BCUT2D eigenvalue weighted by atomic mass is 10.1. The quantitative estimate of drug-likeness (QED) is 0.910. The normalized spacial score (nSPS) is 12.4. The molecule has 1 aliphatic rings. The van der Waals surface area contributed by atoms with Crippen LogP contribution in [0.25, 0.3) is 0 Å². The third-order valence-electron chi connectivity index (χ3n) is 3.44. The molecule has 0 fully saturated rings. The van der Waals surface area contributed by atoms with E-state index in [0.717, 1.165) is 11.3 Å². The van der Waals surface area contributed by atoms with Crippen LogP contribution in [0.4, 0.5) is 10.5 Å². The lowest BCUT2D eigenvalue weighted by molar-refractivity contribution is 0.169. The zero-order valence-electron chi connectivity index (χ0n) is 12.8. The molecular formula is C17H18N2O4. The molecule has 6 heteroatoms. The molecule has 1 aliphatic heterocycles. The number of nitrogens with one attached hydrogen (secondary N) is 2. The third-order valence-corrected chi connectivity index (χ3v) is 3.44. The van der Waals surface area contributed by atoms with E-state index in [2.05, 4.69) is 10.6 Å². The highest BCUT2D eigenvalue weighted by Crippen LogP contribution is 2.33. The van der Waals surface area contributed by atoms with Crippen LogP contribution in [0.3, 0.4) is 0 Å². The van der Waals surface area contributed by atoms with Crippen molar-refractivity contribution in [3.05, 3.63) is 48.0 Å². The van der Waals surface area contributed by atoms with Gasteiger partial charge < -0.3 is 24.8 Å². The summed E-state index contributed by atoms with van der Waals surface area (Å²) >= 11 is 0. The molecule has 0 atom stereocenters. The van der Waals surface area contributed by atoms with Crippen molar-refractivity contribution in [1.82, 2.24) is 5.32 Å². The van der Waals surface area contributed by atoms with Crippen LogP contribution in [0.5, 0.6) is 17.2 Å². The minimum atomic E-state index is -0.288. The van der Waals surface area contributed by atoms with E-state index in [1.807, 2.05) is 18.2 Å². The number of para-hydroxylation sites is 1. The fourth-order valence-corrected chi connectivity index (χ4v) is 2.30. The first-order chi connectivity index (χ1) is 11.3. The monoisotopic (exact) mass is 314 g/mol. The van der Waals surface area contributed by atoms with Crippen molar-refractivity contribution < 1.29 is 19.0 Å². The Morgan fingerprint density at radius 2 is 1.91 bits per heavy atom. The summed E-state index contributed by atoms with van der Waals surface area (Å²) in [7, 11) is 1.60. The van der Waals surface area contributed by atoms with Crippen LogP contribution >= 0.6 is 0 Å². The van der Waals surface area contributed by atoms with Crippen LogP contribution in [0, 0.1) is 0 Å². The first-order valence-electron chi connectivity index (χ1n) is 7.32. The van der Waals surface area contributed by atoms with Gasteiger partial charge in [-0.2, -0.15) is 0 Å². The highest BCUT2D eigenvalue weighted by molar-refractivity contribution is 5.89. The summed E-state index contributed by atoms with van der Waals surface area (Å²) in [6, 6.07) is 12.5. The van der Waals surface area contributed by atoms with E-state index in [9.17, 15) is 4.79 Å². The second-order valence-electron chi connectivity index (χ2n) is 4.98. The Labute approximate surface area is 134 Å². The van der Waals surface area contributed by atoms with Gasteiger partial charge in [0.1, 0.15) is 19.0 Å². The number of anilines is 1. The summed E-state index contributed by atoms with van der Waals surface area (Å²) in [6.45, 7) is 1.42. The van der Waals surface area contributed by atoms with Crippen LogP contribution in [-0.2, 0) is 6.54 Å². The average Bonchev–Trinajstić information content (AvgIpc) is 2.60. The van der Waals surface area contributed by atoms with Gasteiger partial charge in [-0.05, 0) is 30.3 Å². The predicted octanol–water partition coefficient (Wildman–Crippen LogP) is 2.79. The van der Waals surface area contributed by atoms with Gasteiger partial charge in [-0.25, -0.2) is 4.79 Å². The number of hydrogen-bond acceptors (Lipinski definition) is 4. The fourth-order valence-electron chi connectivity index (χ4n) is 2.30. The summed E-state index contributed by atoms with van der Waals surface area (Å²) in [5.74, 6) is 2.15. The van der Waals surface area contributed by atoms with Gasteiger partial charge in [-0.3, -0.25) is 0 Å². The average molecular weight is 314 g/mol. The molecule has 0 aromatic heterocycles. The number of carbonyl (C=O) groups excluding carboxylic acids is 1. The summed E-state index contributed by atoms with van der Waals surface area (Å²) in [6.07, 6.45) is 0. The predicted molar refractivity (Wildman–Crippen MR) is 86.3 cm³/mol. The largest absolute Gasteiger partial charge is 0.497 e. The molecule has 0 aliphatic carbocycles. The van der Waals surface area contributed by atoms with Crippen LogP contribution < -0.4 is 24.8 Å². The zero-order valence-corrected chi connectivity index (χ0v) is 12.8. The maximum absolute atomic E-state index is 12.0. The van der Waals surface area contributed by atoms with Crippen LogP contribution in [0.2, 0.25) is 0 Å². The highest BCUT2D eigenvalue weighted by Gasteiger charge is 2.15. The number of methoxy groups -OCH3 is 1. The summed E-state index contributed by atoms with van der Waals surface area (Å²) in [5.41, 5.74) is 1.57. The van der Waals surface area contributed by atoms with E-state index >= 15 is 0 Å². The van der Waals surface area contributed by atoms with Gasteiger partial charge in [-0.15, -0.1) is 0 Å². The van der Waals surface area contributed by atoms with Crippen LogP contribution in [-0.4, -0.2) is 26.4 Å². The number of amides is 2. The number of rotatable bonds is 4. The molecule has 2 aromatic carbocycles. The first kappa shape index (κ1) is 15.0. The summed E-state index contributed by atoms with van der Waals surface area (Å²) in [4.78, 5) is 12.0. The van der Waals surface area contributed by atoms with Crippen molar-refractivity contribution in [2.45, 2.75) is 6.54 Å². The van der Waals surface area contributed by atoms with Gasteiger partial charge >= 0.3 is 6.03 Å². The number of benzene rings is 2. The molecule has 0 bridgehead atoms. The molecule has 120 valence electrons. The van der Waals surface area contributed by atoms with E-state index in [1.54, 1.807) is 31.4 Å². The SMILES string of the molecule is COc1ccc(NC(=O)NCc2cccc3c2OCCO3)cc1. The van der Waals surface area contributed by atoms with E-state index in [1.165, 1.54) is 0 Å². The number of ether oxygens (including phenoxy) is 3. The smallest absolute Gasteiger partial charge is 0.319 e. The van der Waals surface area contributed by atoms with Crippen LogP contribution in [0.1, 0.15) is 5.56 Å². The third kappa shape index (κ3) is 3.66. The van der Waals surface area contributed by atoms with Gasteiger partial charge in [0.05, 0.1) is 7.11 Å². The summed E-state index contributed by atoms with van der Waals surface area (Å²) < 4.78 is 16.2. The van der Waals surface area contributed by atoms with Crippen molar-refractivity contribution in [2.24, 2.45) is 0 Å². The minimum Gasteiger partial charge on any atom is -0.497 e. The van der Waals surface area contributed by atoms with E-state index < -0.39 is 0 Å². The van der Waals surface area contributed by atoms with Crippen molar-refractivity contribution in [3.63, 3.8) is 0 Å². The molecule has 6 nitrogen and oxygen atoms in total. The van der Waals surface area contributed by atoms with E-state index in [4.69, 9.17) is 14.2 Å². The van der Waals surface area contributed by atoms with Gasteiger partial charge in [-0.1, -0.05) is 12.1 Å². The molecule has 2 amide bonds. The van der Waals surface area contributed by atoms with Crippen molar-refractivity contribution in [1.29, 1.82) is 0 Å². The highest BCUT2D eigenvalue weighted by atomic mass is 16.6. The second kappa shape index (κ2) is 6.91. The number of urea groups is 1. The Morgan fingerprint density at radius 1 is 1.13 bits per heavy atom. The van der Waals surface area contributed by atoms with Crippen molar-refractivity contribution in [3.8, 4) is 17.2 Å². The molecule has 23 heavy (non-hydrogen) atoms. The topological polar surface area (TPSA) is 68.8 Å². The van der Waals surface area contributed by atoms with Gasteiger partial charge in [0.25, 0.3) is 0 Å². The Morgan fingerprint density at radius 3 is 2.70 bits per heavy atom. The lowest BCUT2D eigenvalue weighted by Crippen LogP contribution is -2.28. The molecule has 2 N–H and O–H groups in total. The molecule has 0 unspecified atom stereocenters.